The number of benzene rings is 1. The second-order valence-corrected chi connectivity index (χ2v) is 3.62. The van der Waals surface area contributed by atoms with E-state index in [0.29, 0.717) is 0 Å². The quantitative estimate of drug-likeness (QED) is 0.724. The molecule has 0 radical (unpaired) electrons. The molecule has 2 heterocycles. The lowest BCUT2D eigenvalue weighted by Gasteiger charge is -2.07. The van der Waals surface area contributed by atoms with Crippen molar-refractivity contribution in [2.24, 2.45) is 0 Å². The van der Waals surface area contributed by atoms with Crippen molar-refractivity contribution in [3.05, 3.63) is 54.9 Å². The predicted octanol–water partition coefficient (Wildman–Crippen LogP) is 2.77. The van der Waals surface area contributed by atoms with Crippen molar-refractivity contribution in [2.45, 2.75) is 0 Å². The molecule has 0 aliphatic rings. The zero-order valence-corrected chi connectivity index (χ0v) is 9.04. The summed E-state index contributed by atoms with van der Waals surface area (Å²) >= 11 is 0. The largest absolute Gasteiger partial charge is 0.352 e. The van der Waals surface area contributed by atoms with Crippen LogP contribution in [-0.2, 0) is 0 Å². The van der Waals surface area contributed by atoms with Crippen LogP contribution in [-0.4, -0.2) is 15.2 Å². The third-order valence-corrected chi connectivity index (χ3v) is 2.45. The maximum atomic E-state index is 4.31. The van der Waals surface area contributed by atoms with Gasteiger partial charge in [-0.15, -0.1) is 5.10 Å². The summed E-state index contributed by atoms with van der Waals surface area (Å²) in [4.78, 5) is 4.31. The monoisotopic (exact) mass is 222 g/mol. The Labute approximate surface area is 98.3 Å². The number of nitrogens with one attached hydrogen (secondary N) is 1. The van der Waals surface area contributed by atoms with E-state index in [9.17, 15) is 0 Å². The van der Waals surface area contributed by atoms with E-state index in [1.807, 2.05) is 42.5 Å². The van der Waals surface area contributed by atoms with E-state index in [0.717, 1.165) is 22.4 Å². The summed E-state index contributed by atoms with van der Waals surface area (Å²) in [5, 5.41) is 11.3. The summed E-state index contributed by atoms with van der Waals surface area (Å²) in [6.07, 6.45) is 3.43. The van der Waals surface area contributed by atoms with Crippen LogP contribution in [0, 0.1) is 0 Å². The highest BCUT2D eigenvalue weighted by Gasteiger charge is 2.03. The van der Waals surface area contributed by atoms with E-state index in [1.54, 1.807) is 12.4 Å². The topological polar surface area (TPSA) is 50.7 Å². The van der Waals surface area contributed by atoms with Crippen LogP contribution < -0.4 is 5.32 Å². The molecule has 17 heavy (non-hydrogen) atoms. The zero-order chi connectivity index (χ0) is 11.5. The molecular weight excluding hydrogens is 212 g/mol. The van der Waals surface area contributed by atoms with E-state index < -0.39 is 0 Å². The van der Waals surface area contributed by atoms with Gasteiger partial charge in [-0.05, 0) is 24.3 Å². The Balaban J connectivity index is 2.06. The molecule has 0 spiro atoms. The van der Waals surface area contributed by atoms with E-state index in [1.165, 1.54) is 0 Å². The number of hydrogen-bond acceptors (Lipinski definition) is 4. The Bertz CT molecular complexity index is 632. The van der Waals surface area contributed by atoms with E-state index in [2.05, 4.69) is 20.5 Å². The molecule has 4 heteroatoms. The fourth-order valence-corrected chi connectivity index (χ4v) is 1.66. The molecule has 0 atom stereocenters. The minimum Gasteiger partial charge on any atom is -0.352 e. The molecule has 0 bridgehead atoms. The minimum absolute atomic E-state index is 0.786. The highest BCUT2D eigenvalue weighted by atomic mass is 15.1. The third-order valence-electron chi connectivity index (χ3n) is 2.45. The maximum Gasteiger partial charge on any atom is 0.116 e. The zero-order valence-electron chi connectivity index (χ0n) is 9.04. The number of hydrogen-bond donors (Lipinski definition) is 1. The van der Waals surface area contributed by atoms with Gasteiger partial charge in [0.2, 0.25) is 0 Å². The highest BCUT2D eigenvalue weighted by Crippen LogP contribution is 2.21. The lowest BCUT2D eigenvalue weighted by molar-refractivity contribution is 1.07. The molecular formula is C13H10N4. The molecule has 0 unspecified atom stereocenters. The predicted molar refractivity (Wildman–Crippen MR) is 67.1 cm³/mol. The number of anilines is 2. The number of rotatable bonds is 2. The summed E-state index contributed by atoms with van der Waals surface area (Å²) in [6, 6.07) is 13.7. The maximum absolute atomic E-state index is 4.31. The molecule has 1 N–H and O–H groups in total. The smallest absolute Gasteiger partial charge is 0.116 e. The third kappa shape index (κ3) is 1.92. The molecule has 0 saturated heterocycles. The lowest BCUT2D eigenvalue weighted by atomic mass is 10.3. The number of pyridine rings is 1. The first-order valence-electron chi connectivity index (χ1n) is 5.32. The average molecular weight is 222 g/mol. The van der Waals surface area contributed by atoms with E-state index in [-0.39, 0.29) is 0 Å². The standard InChI is InChI=1S/C13H10N4/c1-2-5-10(6-3-1)16-12-9-15-17-11-7-4-8-14-13(11)12/h1-9H,(H,16,17). The first-order chi connectivity index (χ1) is 8.43. The van der Waals surface area contributed by atoms with E-state index in [4.69, 9.17) is 0 Å². The van der Waals surface area contributed by atoms with Crippen LogP contribution in [0.15, 0.2) is 54.9 Å². The fourth-order valence-electron chi connectivity index (χ4n) is 1.66. The molecule has 4 nitrogen and oxygen atoms in total. The fraction of sp³-hybridized carbons (Fsp3) is 0. The molecule has 3 rings (SSSR count). The van der Waals surface area contributed by atoms with Crippen molar-refractivity contribution >= 4 is 22.4 Å². The second-order valence-electron chi connectivity index (χ2n) is 3.62. The highest BCUT2D eigenvalue weighted by molar-refractivity contribution is 5.88. The Morgan fingerprint density at radius 1 is 0.941 bits per heavy atom. The van der Waals surface area contributed by atoms with Gasteiger partial charge in [-0.3, -0.25) is 4.98 Å². The normalized spacial score (nSPS) is 10.4. The lowest BCUT2D eigenvalue weighted by Crippen LogP contribution is -1.95. The van der Waals surface area contributed by atoms with Gasteiger partial charge < -0.3 is 5.32 Å². The van der Waals surface area contributed by atoms with E-state index >= 15 is 0 Å². The summed E-state index contributed by atoms with van der Waals surface area (Å²) in [7, 11) is 0. The van der Waals surface area contributed by atoms with Crippen molar-refractivity contribution in [1.29, 1.82) is 0 Å². The first-order valence-corrected chi connectivity index (χ1v) is 5.32. The van der Waals surface area contributed by atoms with Crippen LogP contribution >= 0.6 is 0 Å². The Hall–Kier alpha value is -2.49. The van der Waals surface area contributed by atoms with Crippen molar-refractivity contribution in [3.8, 4) is 0 Å². The Morgan fingerprint density at radius 2 is 1.82 bits per heavy atom. The Kier molecular flexibility index (Phi) is 2.38. The first kappa shape index (κ1) is 9.72. The van der Waals surface area contributed by atoms with Crippen molar-refractivity contribution in [2.75, 3.05) is 5.32 Å². The number of para-hydroxylation sites is 1. The number of nitrogens with zero attached hydrogens (tertiary/aromatic N) is 3. The molecule has 82 valence electrons. The van der Waals surface area contributed by atoms with Gasteiger partial charge in [-0.2, -0.15) is 5.10 Å². The second kappa shape index (κ2) is 4.17. The van der Waals surface area contributed by atoms with Crippen molar-refractivity contribution < 1.29 is 0 Å². The molecule has 0 amide bonds. The molecule has 0 aliphatic carbocycles. The van der Waals surface area contributed by atoms with Gasteiger partial charge in [0.1, 0.15) is 11.0 Å². The molecule has 3 aromatic rings. The van der Waals surface area contributed by atoms with Gasteiger partial charge in [-0.25, -0.2) is 0 Å². The average Bonchev–Trinajstić information content (AvgIpc) is 2.40. The van der Waals surface area contributed by atoms with Gasteiger partial charge in [-0.1, -0.05) is 18.2 Å². The molecule has 0 fully saturated rings. The Morgan fingerprint density at radius 3 is 2.71 bits per heavy atom. The van der Waals surface area contributed by atoms with Gasteiger partial charge >= 0.3 is 0 Å². The van der Waals surface area contributed by atoms with Gasteiger partial charge in [0.25, 0.3) is 0 Å². The molecule has 0 aliphatic heterocycles. The van der Waals surface area contributed by atoms with Crippen LogP contribution in [0.3, 0.4) is 0 Å². The van der Waals surface area contributed by atoms with Crippen LogP contribution in [0.25, 0.3) is 11.0 Å². The van der Waals surface area contributed by atoms with Crippen LogP contribution in [0.1, 0.15) is 0 Å². The summed E-state index contributed by atoms with van der Waals surface area (Å²) in [5.74, 6) is 0. The summed E-state index contributed by atoms with van der Waals surface area (Å²) < 4.78 is 0. The summed E-state index contributed by atoms with van der Waals surface area (Å²) in [5.41, 5.74) is 3.48. The minimum atomic E-state index is 0.786. The number of fused-ring (bicyclic) bond motifs is 1. The molecule has 1 aromatic carbocycles. The van der Waals surface area contributed by atoms with Crippen LogP contribution in [0.2, 0.25) is 0 Å². The SMILES string of the molecule is c1ccc(Nc2cnnc3cccnc23)cc1. The van der Waals surface area contributed by atoms with Crippen LogP contribution in [0.4, 0.5) is 11.4 Å². The molecule has 2 aromatic heterocycles. The van der Waals surface area contributed by atoms with Gasteiger partial charge in [0.15, 0.2) is 0 Å². The van der Waals surface area contributed by atoms with Gasteiger partial charge in [0, 0.05) is 11.9 Å². The van der Waals surface area contributed by atoms with Crippen molar-refractivity contribution in [1.82, 2.24) is 15.2 Å². The summed E-state index contributed by atoms with van der Waals surface area (Å²) in [6.45, 7) is 0. The molecule has 0 saturated carbocycles. The van der Waals surface area contributed by atoms with Crippen LogP contribution in [0.5, 0.6) is 0 Å². The number of aromatic nitrogens is 3. The van der Waals surface area contributed by atoms with Crippen molar-refractivity contribution in [3.63, 3.8) is 0 Å². The van der Waals surface area contributed by atoms with Gasteiger partial charge in [0.05, 0.1) is 11.9 Å².